The summed E-state index contributed by atoms with van der Waals surface area (Å²) in [5, 5.41) is 5.27. The molecule has 2 aromatic rings. The molecule has 0 bridgehead atoms. The SMILES string of the molecule is CC(=O)Nc1ccc(NC(=O)[C@@H](C)OC(=O)CCN2C(=O)COc3ccccc32)cc1. The minimum Gasteiger partial charge on any atom is -0.482 e. The van der Waals surface area contributed by atoms with E-state index in [1.165, 1.54) is 18.7 Å². The summed E-state index contributed by atoms with van der Waals surface area (Å²) < 4.78 is 10.6. The number of amides is 3. The summed E-state index contributed by atoms with van der Waals surface area (Å²) >= 11 is 0. The van der Waals surface area contributed by atoms with Crippen molar-refractivity contribution in [1.82, 2.24) is 0 Å². The molecule has 1 atom stereocenters. The summed E-state index contributed by atoms with van der Waals surface area (Å²) in [4.78, 5) is 49.2. The maximum atomic E-state index is 12.3. The number of hydrogen-bond donors (Lipinski definition) is 2. The topological polar surface area (TPSA) is 114 Å². The van der Waals surface area contributed by atoms with Crippen molar-refractivity contribution in [1.29, 1.82) is 0 Å². The zero-order valence-corrected chi connectivity index (χ0v) is 17.2. The quantitative estimate of drug-likeness (QED) is 0.658. The van der Waals surface area contributed by atoms with Crippen molar-refractivity contribution in [2.75, 3.05) is 28.7 Å². The van der Waals surface area contributed by atoms with Gasteiger partial charge in [-0.2, -0.15) is 0 Å². The van der Waals surface area contributed by atoms with Gasteiger partial charge in [-0.3, -0.25) is 19.2 Å². The second-order valence-electron chi connectivity index (χ2n) is 6.93. The fourth-order valence-electron chi connectivity index (χ4n) is 3.00. The van der Waals surface area contributed by atoms with Crippen LogP contribution in [0.2, 0.25) is 0 Å². The molecule has 0 aliphatic carbocycles. The van der Waals surface area contributed by atoms with Crippen molar-refractivity contribution < 1.29 is 28.7 Å². The molecule has 0 spiro atoms. The Morgan fingerprint density at radius 3 is 2.39 bits per heavy atom. The molecule has 0 saturated heterocycles. The van der Waals surface area contributed by atoms with Gasteiger partial charge in [-0.25, -0.2) is 0 Å². The van der Waals surface area contributed by atoms with Crippen LogP contribution in [0, 0.1) is 0 Å². The first kappa shape index (κ1) is 21.8. The van der Waals surface area contributed by atoms with Crippen molar-refractivity contribution in [3.63, 3.8) is 0 Å². The lowest BCUT2D eigenvalue weighted by atomic mass is 10.2. The lowest BCUT2D eigenvalue weighted by molar-refractivity contribution is -0.153. The normalized spacial score (nSPS) is 13.5. The van der Waals surface area contributed by atoms with Crippen molar-refractivity contribution in [2.45, 2.75) is 26.4 Å². The van der Waals surface area contributed by atoms with Crippen LogP contribution < -0.4 is 20.3 Å². The first-order valence-electron chi connectivity index (χ1n) is 9.73. The first-order valence-corrected chi connectivity index (χ1v) is 9.73. The Labute approximate surface area is 179 Å². The molecule has 2 N–H and O–H groups in total. The van der Waals surface area contributed by atoms with Gasteiger partial charge < -0.3 is 25.0 Å². The minimum absolute atomic E-state index is 0.0664. The van der Waals surface area contributed by atoms with Crippen LogP contribution in [-0.2, 0) is 23.9 Å². The molecule has 1 aliphatic heterocycles. The molecule has 9 heteroatoms. The van der Waals surface area contributed by atoms with Gasteiger partial charge in [0.05, 0.1) is 12.1 Å². The highest BCUT2D eigenvalue weighted by Crippen LogP contribution is 2.31. The minimum atomic E-state index is -1.02. The Hall–Kier alpha value is -3.88. The van der Waals surface area contributed by atoms with Gasteiger partial charge in [0.15, 0.2) is 12.7 Å². The van der Waals surface area contributed by atoms with Gasteiger partial charge in [0.25, 0.3) is 11.8 Å². The molecule has 3 rings (SSSR count). The van der Waals surface area contributed by atoms with E-state index in [0.29, 0.717) is 22.8 Å². The lowest BCUT2D eigenvalue weighted by Crippen LogP contribution is -2.40. The molecule has 0 saturated carbocycles. The number of nitrogens with zero attached hydrogens (tertiary/aromatic N) is 1. The van der Waals surface area contributed by atoms with Gasteiger partial charge in [0, 0.05) is 24.8 Å². The predicted molar refractivity (Wildman–Crippen MR) is 114 cm³/mol. The summed E-state index contributed by atoms with van der Waals surface area (Å²) in [7, 11) is 0. The van der Waals surface area contributed by atoms with Gasteiger partial charge >= 0.3 is 5.97 Å². The van der Waals surface area contributed by atoms with E-state index < -0.39 is 18.0 Å². The fraction of sp³-hybridized carbons (Fsp3) is 0.273. The molecule has 9 nitrogen and oxygen atoms in total. The van der Waals surface area contributed by atoms with Gasteiger partial charge in [0.1, 0.15) is 5.75 Å². The third kappa shape index (κ3) is 5.81. The van der Waals surface area contributed by atoms with E-state index >= 15 is 0 Å². The van der Waals surface area contributed by atoms with Crippen LogP contribution in [0.15, 0.2) is 48.5 Å². The summed E-state index contributed by atoms with van der Waals surface area (Å²) in [6, 6.07) is 13.6. The highest BCUT2D eigenvalue weighted by Gasteiger charge is 2.26. The number of nitrogens with one attached hydrogen (secondary N) is 2. The van der Waals surface area contributed by atoms with E-state index in [1.807, 2.05) is 0 Å². The number of benzene rings is 2. The first-order chi connectivity index (χ1) is 14.8. The summed E-state index contributed by atoms with van der Waals surface area (Å²) in [5.41, 5.74) is 1.70. The largest absolute Gasteiger partial charge is 0.482 e. The number of carbonyl (C=O) groups excluding carboxylic acids is 4. The molecule has 0 aromatic heterocycles. The second kappa shape index (κ2) is 9.75. The molecule has 31 heavy (non-hydrogen) atoms. The molecule has 2 aromatic carbocycles. The van der Waals surface area contributed by atoms with Crippen molar-refractivity contribution in [3.8, 4) is 5.75 Å². The number of esters is 1. The van der Waals surface area contributed by atoms with Crippen LogP contribution in [-0.4, -0.2) is 42.9 Å². The van der Waals surface area contributed by atoms with Crippen LogP contribution in [0.5, 0.6) is 5.75 Å². The molecular formula is C22H23N3O6. The Kier molecular flexibility index (Phi) is 6.86. The van der Waals surface area contributed by atoms with Crippen molar-refractivity contribution >= 4 is 40.8 Å². The third-order valence-corrected chi connectivity index (χ3v) is 4.50. The fourth-order valence-corrected chi connectivity index (χ4v) is 3.00. The molecular weight excluding hydrogens is 402 g/mol. The molecule has 0 unspecified atom stereocenters. The summed E-state index contributed by atoms with van der Waals surface area (Å²) in [6.45, 7) is 2.90. The smallest absolute Gasteiger partial charge is 0.308 e. The Morgan fingerprint density at radius 1 is 1.06 bits per heavy atom. The number of anilines is 3. The molecule has 1 heterocycles. The summed E-state index contributed by atoms with van der Waals surface area (Å²) in [5.74, 6) is -0.957. The van der Waals surface area contributed by atoms with Crippen molar-refractivity contribution in [2.24, 2.45) is 0 Å². The molecule has 0 fully saturated rings. The van der Waals surface area contributed by atoms with E-state index in [1.54, 1.807) is 48.5 Å². The van der Waals surface area contributed by atoms with Crippen LogP contribution in [0.3, 0.4) is 0 Å². The highest BCUT2D eigenvalue weighted by molar-refractivity contribution is 5.98. The zero-order chi connectivity index (χ0) is 22.4. The Morgan fingerprint density at radius 2 is 1.71 bits per heavy atom. The number of para-hydroxylation sites is 2. The monoisotopic (exact) mass is 425 g/mol. The number of carbonyl (C=O) groups is 4. The number of ether oxygens (including phenoxy) is 2. The maximum absolute atomic E-state index is 12.3. The Balaban J connectivity index is 1.49. The van der Waals surface area contributed by atoms with E-state index in [0.717, 1.165) is 0 Å². The van der Waals surface area contributed by atoms with E-state index in [2.05, 4.69) is 10.6 Å². The zero-order valence-electron chi connectivity index (χ0n) is 17.2. The van der Waals surface area contributed by atoms with Crippen LogP contribution in [0.25, 0.3) is 0 Å². The average Bonchev–Trinajstić information content (AvgIpc) is 2.74. The molecule has 0 radical (unpaired) electrons. The van der Waals surface area contributed by atoms with E-state index in [4.69, 9.17) is 9.47 Å². The number of hydrogen-bond acceptors (Lipinski definition) is 6. The molecule has 3 amide bonds. The lowest BCUT2D eigenvalue weighted by Gasteiger charge is -2.29. The average molecular weight is 425 g/mol. The maximum Gasteiger partial charge on any atom is 0.308 e. The van der Waals surface area contributed by atoms with Crippen LogP contribution in [0.1, 0.15) is 20.3 Å². The number of fused-ring (bicyclic) bond motifs is 1. The van der Waals surface area contributed by atoms with E-state index in [9.17, 15) is 19.2 Å². The third-order valence-electron chi connectivity index (χ3n) is 4.50. The van der Waals surface area contributed by atoms with Crippen LogP contribution >= 0.6 is 0 Å². The van der Waals surface area contributed by atoms with Crippen molar-refractivity contribution in [3.05, 3.63) is 48.5 Å². The van der Waals surface area contributed by atoms with Gasteiger partial charge in [-0.15, -0.1) is 0 Å². The Bertz CT molecular complexity index is 989. The molecule has 1 aliphatic rings. The summed E-state index contributed by atoms with van der Waals surface area (Å²) in [6.07, 6.45) is -1.08. The highest BCUT2D eigenvalue weighted by atomic mass is 16.5. The van der Waals surface area contributed by atoms with E-state index in [-0.39, 0.29) is 31.4 Å². The van der Waals surface area contributed by atoms with Gasteiger partial charge in [-0.1, -0.05) is 12.1 Å². The van der Waals surface area contributed by atoms with Gasteiger partial charge in [0.2, 0.25) is 5.91 Å². The van der Waals surface area contributed by atoms with Crippen LogP contribution in [0.4, 0.5) is 17.1 Å². The second-order valence-corrected chi connectivity index (χ2v) is 6.93. The predicted octanol–water partition coefficient (Wildman–Crippen LogP) is 2.33. The standard InChI is InChI=1S/C22H23N3O6/c1-14(22(29)24-17-9-7-16(8-10-17)23-15(2)26)31-21(28)11-12-25-18-5-3-4-6-19(18)30-13-20(25)27/h3-10,14H,11-13H2,1-2H3,(H,23,26)(H,24,29)/t14-/m1/s1. The van der Waals surface area contributed by atoms with Gasteiger partial charge in [-0.05, 0) is 43.3 Å². The molecule has 162 valence electrons. The number of rotatable bonds is 7.